The van der Waals surface area contributed by atoms with Crippen molar-refractivity contribution in [1.29, 1.82) is 0 Å². The third-order valence-electron chi connectivity index (χ3n) is 1.29. The third kappa shape index (κ3) is 1.67. The first-order valence-corrected chi connectivity index (χ1v) is 2.92. The molecule has 1 heterocycles. The SMILES string of the molecule is O=C([O-])C1=CNN(C(F)(F)F)C1. The lowest BCUT2D eigenvalue weighted by Crippen LogP contribution is -2.43. The highest BCUT2D eigenvalue weighted by Gasteiger charge is 2.39. The highest BCUT2D eigenvalue weighted by molar-refractivity contribution is 5.85. The van der Waals surface area contributed by atoms with Crippen molar-refractivity contribution in [3.05, 3.63) is 11.8 Å². The number of hydrazine groups is 1. The van der Waals surface area contributed by atoms with Gasteiger partial charge in [0.1, 0.15) is 0 Å². The summed E-state index contributed by atoms with van der Waals surface area (Å²) in [5.74, 6) is -1.60. The largest absolute Gasteiger partial charge is 0.545 e. The number of alkyl halides is 3. The predicted octanol–water partition coefficient (Wildman–Crippen LogP) is -1.04. The van der Waals surface area contributed by atoms with Crippen molar-refractivity contribution in [2.45, 2.75) is 6.30 Å². The highest BCUT2D eigenvalue weighted by atomic mass is 19.4. The maximum Gasteiger partial charge on any atom is 0.477 e. The van der Waals surface area contributed by atoms with Gasteiger partial charge in [-0.2, -0.15) is 13.2 Å². The van der Waals surface area contributed by atoms with E-state index in [1.807, 2.05) is 0 Å². The van der Waals surface area contributed by atoms with Crippen molar-refractivity contribution in [2.75, 3.05) is 6.54 Å². The number of hydrogen-bond donors (Lipinski definition) is 1. The summed E-state index contributed by atoms with van der Waals surface area (Å²) in [6.07, 6.45) is -3.82. The van der Waals surface area contributed by atoms with E-state index in [0.29, 0.717) is 0 Å². The highest BCUT2D eigenvalue weighted by Crippen LogP contribution is 2.22. The molecule has 0 unspecified atom stereocenters. The molecular weight excluding hydrogens is 177 g/mol. The molecule has 1 aliphatic rings. The lowest BCUT2D eigenvalue weighted by molar-refractivity contribution is -0.300. The van der Waals surface area contributed by atoms with Crippen LogP contribution >= 0.6 is 0 Å². The molecule has 7 heteroatoms. The molecule has 0 amide bonds. The molecule has 0 saturated heterocycles. The topological polar surface area (TPSA) is 55.4 Å². The second-order valence-electron chi connectivity index (χ2n) is 2.14. The van der Waals surface area contributed by atoms with Gasteiger partial charge in [0.2, 0.25) is 0 Å². The Kier molecular flexibility index (Phi) is 1.97. The Bertz CT molecular complexity index is 235. The Morgan fingerprint density at radius 1 is 1.67 bits per heavy atom. The maximum atomic E-state index is 11.8. The number of rotatable bonds is 1. The van der Waals surface area contributed by atoms with Crippen molar-refractivity contribution in [3.63, 3.8) is 0 Å². The zero-order valence-corrected chi connectivity index (χ0v) is 5.68. The van der Waals surface area contributed by atoms with E-state index < -0.39 is 24.4 Å². The summed E-state index contributed by atoms with van der Waals surface area (Å²) in [5, 5.41) is 9.91. The zero-order chi connectivity index (χ0) is 9.35. The van der Waals surface area contributed by atoms with Crippen molar-refractivity contribution < 1.29 is 23.1 Å². The summed E-state index contributed by atoms with van der Waals surface area (Å²) in [6.45, 7) is -0.730. The van der Waals surface area contributed by atoms with Crippen LogP contribution in [0, 0.1) is 0 Å². The Morgan fingerprint density at radius 3 is 2.50 bits per heavy atom. The number of carbonyl (C=O) groups is 1. The second-order valence-corrected chi connectivity index (χ2v) is 2.14. The number of nitrogens with zero attached hydrogens (tertiary/aromatic N) is 1. The fraction of sp³-hybridized carbons (Fsp3) is 0.400. The van der Waals surface area contributed by atoms with Crippen LogP contribution in [0.5, 0.6) is 0 Å². The minimum atomic E-state index is -4.58. The molecular formula is C5H4F3N2O2-. The summed E-state index contributed by atoms with van der Waals surface area (Å²) in [4.78, 5) is 10.1. The summed E-state index contributed by atoms with van der Waals surface area (Å²) in [6, 6.07) is 0. The Labute approximate surface area is 65.2 Å². The van der Waals surface area contributed by atoms with E-state index in [1.54, 1.807) is 5.43 Å². The fourth-order valence-electron chi connectivity index (χ4n) is 0.704. The first-order valence-electron chi connectivity index (χ1n) is 2.92. The van der Waals surface area contributed by atoms with Crippen molar-refractivity contribution >= 4 is 5.97 Å². The van der Waals surface area contributed by atoms with Crippen LogP contribution in [0.3, 0.4) is 0 Å². The number of halogens is 3. The molecule has 0 bridgehead atoms. The van der Waals surface area contributed by atoms with Gasteiger partial charge in [-0.25, -0.2) is 0 Å². The number of aliphatic carboxylic acids is 1. The van der Waals surface area contributed by atoms with Gasteiger partial charge in [0, 0.05) is 11.8 Å². The predicted molar refractivity (Wildman–Crippen MR) is 29.0 cm³/mol. The van der Waals surface area contributed by atoms with Gasteiger partial charge < -0.3 is 15.3 Å². The molecule has 0 fully saturated rings. The van der Waals surface area contributed by atoms with Crippen LogP contribution in [0.15, 0.2) is 11.8 Å². The summed E-state index contributed by atoms with van der Waals surface area (Å²) in [7, 11) is 0. The number of carboxylic acids is 1. The molecule has 0 spiro atoms. The minimum absolute atomic E-state index is 0.155. The molecule has 0 saturated carbocycles. The van der Waals surface area contributed by atoms with Crippen LogP contribution in [0.2, 0.25) is 0 Å². The number of hydrogen-bond acceptors (Lipinski definition) is 4. The van der Waals surface area contributed by atoms with E-state index in [0.717, 1.165) is 6.20 Å². The Balaban J connectivity index is 2.59. The molecule has 0 aromatic carbocycles. The lowest BCUT2D eigenvalue weighted by atomic mass is 10.3. The van der Waals surface area contributed by atoms with Crippen molar-refractivity contribution in [2.24, 2.45) is 0 Å². The monoisotopic (exact) mass is 181 g/mol. The van der Waals surface area contributed by atoms with Crippen LogP contribution in [0.4, 0.5) is 13.2 Å². The second kappa shape index (κ2) is 2.67. The van der Waals surface area contributed by atoms with E-state index in [2.05, 4.69) is 0 Å². The number of nitrogens with one attached hydrogen (secondary N) is 1. The van der Waals surface area contributed by atoms with Gasteiger partial charge in [0.15, 0.2) is 0 Å². The average molecular weight is 181 g/mol. The quantitative estimate of drug-likeness (QED) is 0.525. The summed E-state index contributed by atoms with van der Waals surface area (Å²) >= 11 is 0. The van der Waals surface area contributed by atoms with Gasteiger partial charge in [0.25, 0.3) is 0 Å². The molecule has 4 nitrogen and oxygen atoms in total. The number of carbonyl (C=O) groups excluding carboxylic acids is 1. The van der Waals surface area contributed by atoms with Crippen LogP contribution < -0.4 is 10.5 Å². The molecule has 1 aliphatic heterocycles. The smallest absolute Gasteiger partial charge is 0.477 e. The molecule has 0 atom stereocenters. The van der Waals surface area contributed by atoms with Gasteiger partial charge in [-0.1, -0.05) is 0 Å². The normalized spacial score (nSPS) is 18.8. The summed E-state index contributed by atoms with van der Waals surface area (Å²) in [5.41, 5.74) is 1.33. The third-order valence-corrected chi connectivity index (χ3v) is 1.29. The minimum Gasteiger partial charge on any atom is -0.545 e. The van der Waals surface area contributed by atoms with E-state index in [4.69, 9.17) is 0 Å². The molecule has 0 aromatic heterocycles. The van der Waals surface area contributed by atoms with E-state index in [1.165, 1.54) is 0 Å². The molecule has 68 valence electrons. The van der Waals surface area contributed by atoms with E-state index in [9.17, 15) is 23.1 Å². The maximum absolute atomic E-state index is 11.8. The van der Waals surface area contributed by atoms with Gasteiger partial charge >= 0.3 is 6.30 Å². The molecule has 0 aromatic rings. The molecule has 1 rings (SSSR count). The van der Waals surface area contributed by atoms with Crippen LogP contribution in [0.1, 0.15) is 0 Å². The van der Waals surface area contributed by atoms with Crippen LogP contribution in [0.25, 0.3) is 0 Å². The van der Waals surface area contributed by atoms with E-state index in [-0.39, 0.29) is 5.01 Å². The molecule has 0 aliphatic carbocycles. The van der Waals surface area contributed by atoms with Gasteiger partial charge in [-0.05, 0) is 0 Å². The Morgan fingerprint density at radius 2 is 2.25 bits per heavy atom. The summed E-state index contributed by atoms with van der Waals surface area (Å²) < 4.78 is 35.4. The first kappa shape index (κ1) is 8.85. The van der Waals surface area contributed by atoms with Crippen molar-refractivity contribution in [1.82, 2.24) is 10.4 Å². The Hall–Kier alpha value is -1.24. The van der Waals surface area contributed by atoms with Crippen LogP contribution in [-0.2, 0) is 4.79 Å². The molecule has 0 radical (unpaired) electrons. The average Bonchev–Trinajstić information content (AvgIpc) is 2.30. The molecule has 12 heavy (non-hydrogen) atoms. The van der Waals surface area contributed by atoms with Crippen LogP contribution in [-0.4, -0.2) is 23.8 Å². The first-order chi connectivity index (χ1) is 5.41. The van der Waals surface area contributed by atoms with Gasteiger partial charge in [0.05, 0.1) is 12.5 Å². The standard InChI is InChI=1S/C5H5F3N2O2/c6-5(7,8)10-2-3(1-9-10)4(11)12/h1,9H,2H2,(H,11,12)/p-1. The van der Waals surface area contributed by atoms with Gasteiger partial charge in [-0.15, -0.1) is 5.01 Å². The molecule has 1 N–H and O–H groups in total. The lowest BCUT2D eigenvalue weighted by Gasteiger charge is -2.19. The van der Waals surface area contributed by atoms with E-state index >= 15 is 0 Å². The fourth-order valence-corrected chi connectivity index (χ4v) is 0.704. The zero-order valence-electron chi connectivity index (χ0n) is 5.68. The van der Waals surface area contributed by atoms with Gasteiger partial charge in [-0.3, -0.25) is 0 Å². The number of carboxylic acid groups (broad SMARTS) is 1. The van der Waals surface area contributed by atoms with Crippen molar-refractivity contribution in [3.8, 4) is 0 Å².